The van der Waals surface area contributed by atoms with E-state index in [0.29, 0.717) is 0 Å². The van der Waals surface area contributed by atoms with Crippen LogP contribution in [0.5, 0.6) is 0 Å². The molecule has 138 valence electrons. The highest BCUT2D eigenvalue weighted by atomic mass is 16.4. The number of carboxylic acid groups (broad SMARTS) is 1. The van der Waals surface area contributed by atoms with Crippen LogP contribution >= 0.6 is 0 Å². The third-order valence-electron chi connectivity index (χ3n) is 5.12. The van der Waals surface area contributed by atoms with E-state index in [-0.39, 0.29) is 6.54 Å². The van der Waals surface area contributed by atoms with Gasteiger partial charge in [-0.15, -0.1) is 0 Å². The monoisotopic (exact) mass is 347 g/mol. The maximum absolute atomic E-state index is 10.3. The predicted octanol–water partition coefficient (Wildman–Crippen LogP) is 0.383. The van der Waals surface area contributed by atoms with Crippen LogP contribution in [-0.4, -0.2) is 32.8 Å². The third-order valence-corrected chi connectivity index (χ3v) is 5.12. The minimum Gasteiger partial charge on any atom is -0.549 e. The lowest BCUT2D eigenvalue weighted by Gasteiger charge is -2.27. The number of rotatable bonds is 5. The van der Waals surface area contributed by atoms with E-state index in [1.165, 1.54) is 81.5 Å². The van der Waals surface area contributed by atoms with Crippen molar-refractivity contribution in [1.82, 2.24) is 14.8 Å². The van der Waals surface area contributed by atoms with Gasteiger partial charge < -0.3 is 15.2 Å². The summed E-state index contributed by atoms with van der Waals surface area (Å²) in [6.45, 7) is -0.0289. The van der Waals surface area contributed by atoms with E-state index >= 15 is 0 Å². The second kappa shape index (κ2) is 10.8. The number of nitrogens with two attached hydrogens (primary N) is 1. The van der Waals surface area contributed by atoms with Crippen molar-refractivity contribution < 1.29 is 15.2 Å². The summed E-state index contributed by atoms with van der Waals surface area (Å²) in [5, 5.41) is 25.0. The van der Waals surface area contributed by atoms with Crippen molar-refractivity contribution in [3.05, 3.63) is 12.7 Å². The van der Waals surface area contributed by atoms with E-state index in [1.807, 2.05) is 0 Å². The number of hydrogen-bond donors (Lipinski definition) is 1. The average molecular weight is 347 g/mol. The van der Waals surface area contributed by atoms with Crippen molar-refractivity contribution in [2.24, 2.45) is 5.92 Å². The predicted molar refractivity (Wildman–Crippen MR) is 89.8 cm³/mol. The fraction of sp³-hybridized carbons (Fsp3) is 0.778. The van der Waals surface area contributed by atoms with Gasteiger partial charge in [-0.25, -0.2) is 4.98 Å². The second-order valence-electron chi connectivity index (χ2n) is 7.11. The summed E-state index contributed by atoms with van der Waals surface area (Å²) in [4.78, 5) is 13.9. The molecule has 2 N–H and O–H groups in total. The molecule has 0 aromatic carbocycles. The fourth-order valence-corrected chi connectivity index (χ4v) is 3.72. The molecule has 1 aromatic rings. The number of carbonyl (C=O) groups is 1. The number of nitriles is 1. The normalized spacial score (nSPS) is 20.1. The molecular weight excluding hydrogens is 318 g/mol. The third kappa shape index (κ3) is 7.22. The number of quaternary nitrogens is 1. The molecule has 1 unspecified atom stereocenters. The zero-order valence-electron chi connectivity index (χ0n) is 14.8. The molecule has 7 nitrogen and oxygen atoms in total. The molecule has 2 aliphatic carbocycles. The molecule has 0 bridgehead atoms. The molecule has 0 amide bonds. The van der Waals surface area contributed by atoms with Gasteiger partial charge in [-0.2, -0.15) is 10.4 Å². The van der Waals surface area contributed by atoms with Gasteiger partial charge in [-0.1, -0.05) is 12.8 Å². The molecule has 0 saturated heterocycles. The topological polar surface area (TPSA) is 111 Å². The first-order valence-corrected chi connectivity index (χ1v) is 9.47. The van der Waals surface area contributed by atoms with Gasteiger partial charge in [0, 0.05) is 0 Å². The number of aliphatic carboxylic acids is 1. The SMILES string of the molecule is C1CCC([NH2+]C2CCCCC2)CC1.N#CC(Cn1cncn1)C(=O)[O-]. The molecule has 0 radical (unpaired) electrons. The zero-order chi connectivity index (χ0) is 17.9. The first kappa shape index (κ1) is 19.4. The molecular formula is C18H29N5O2. The van der Waals surface area contributed by atoms with E-state index in [4.69, 9.17) is 5.26 Å². The summed E-state index contributed by atoms with van der Waals surface area (Å²) >= 11 is 0. The van der Waals surface area contributed by atoms with Crippen molar-refractivity contribution in [2.75, 3.05) is 0 Å². The maximum Gasteiger partial charge on any atom is 0.137 e. The summed E-state index contributed by atoms with van der Waals surface area (Å²) in [5.74, 6) is -2.57. The molecule has 25 heavy (non-hydrogen) atoms. The first-order valence-electron chi connectivity index (χ1n) is 9.47. The van der Waals surface area contributed by atoms with Gasteiger partial charge in [0.2, 0.25) is 0 Å². The summed E-state index contributed by atoms with van der Waals surface area (Å²) in [7, 11) is 0. The molecule has 0 spiro atoms. The zero-order valence-corrected chi connectivity index (χ0v) is 14.8. The first-order chi connectivity index (χ1) is 12.2. The highest BCUT2D eigenvalue weighted by Crippen LogP contribution is 2.18. The van der Waals surface area contributed by atoms with E-state index in [2.05, 4.69) is 15.4 Å². The van der Waals surface area contributed by atoms with Crippen molar-refractivity contribution in [3.63, 3.8) is 0 Å². The van der Waals surface area contributed by atoms with Crippen LogP contribution < -0.4 is 10.4 Å². The lowest BCUT2D eigenvalue weighted by atomic mass is 9.91. The molecule has 0 aliphatic heterocycles. The van der Waals surface area contributed by atoms with Crippen LogP contribution in [0.4, 0.5) is 0 Å². The standard InChI is InChI=1S/C12H23N.C6H6N4O2/c1-3-7-11(8-4-1)13-12-9-5-2-6-10-12;7-1-5(6(11)12)2-10-4-8-3-9-10/h11-13H,1-10H2;3-5H,2H2,(H,11,12). The Morgan fingerprint density at radius 3 is 2.12 bits per heavy atom. The smallest absolute Gasteiger partial charge is 0.137 e. The average Bonchev–Trinajstić information content (AvgIpc) is 3.15. The minimum atomic E-state index is -1.40. The van der Waals surface area contributed by atoms with Crippen LogP contribution in [0.1, 0.15) is 64.2 Å². The Bertz CT molecular complexity index is 512. The Morgan fingerprint density at radius 1 is 1.16 bits per heavy atom. The molecule has 1 aromatic heterocycles. The van der Waals surface area contributed by atoms with Crippen molar-refractivity contribution in [3.8, 4) is 6.07 Å². The van der Waals surface area contributed by atoms with E-state index < -0.39 is 11.9 Å². The number of hydrogen-bond acceptors (Lipinski definition) is 5. The summed E-state index contributed by atoms with van der Waals surface area (Å²) in [6.07, 6.45) is 17.6. The fourth-order valence-electron chi connectivity index (χ4n) is 3.72. The van der Waals surface area contributed by atoms with Crippen LogP contribution in [0.25, 0.3) is 0 Å². The lowest BCUT2D eigenvalue weighted by Crippen LogP contribution is -2.95. The number of nitrogens with zero attached hydrogens (tertiary/aromatic N) is 4. The largest absolute Gasteiger partial charge is 0.549 e. The summed E-state index contributed by atoms with van der Waals surface area (Å²) in [5.41, 5.74) is 0. The number of carbonyl (C=O) groups excluding carboxylic acids is 1. The Kier molecular flexibility index (Phi) is 8.40. The molecule has 7 heteroatoms. The Morgan fingerprint density at radius 2 is 1.72 bits per heavy atom. The van der Waals surface area contributed by atoms with Crippen LogP contribution in [0.3, 0.4) is 0 Å². The molecule has 1 atom stereocenters. The minimum absolute atomic E-state index is 0.0289. The van der Waals surface area contributed by atoms with Crippen LogP contribution in [0.2, 0.25) is 0 Å². The number of aromatic nitrogens is 3. The lowest BCUT2D eigenvalue weighted by molar-refractivity contribution is -0.725. The molecule has 2 saturated carbocycles. The van der Waals surface area contributed by atoms with Gasteiger partial charge >= 0.3 is 0 Å². The van der Waals surface area contributed by atoms with Gasteiger partial charge in [0.05, 0.1) is 30.7 Å². The highest BCUT2D eigenvalue weighted by Gasteiger charge is 2.22. The van der Waals surface area contributed by atoms with Gasteiger partial charge in [0.1, 0.15) is 18.6 Å². The van der Waals surface area contributed by atoms with E-state index in [0.717, 1.165) is 12.1 Å². The van der Waals surface area contributed by atoms with Crippen molar-refractivity contribution in [2.45, 2.75) is 82.8 Å². The Labute approximate surface area is 149 Å². The molecule has 2 fully saturated rings. The molecule has 1 heterocycles. The summed E-state index contributed by atoms with van der Waals surface area (Å²) in [6, 6.07) is 3.58. The van der Waals surface area contributed by atoms with Gasteiger partial charge in [-0.3, -0.25) is 4.68 Å². The van der Waals surface area contributed by atoms with Gasteiger partial charge in [0.15, 0.2) is 0 Å². The van der Waals surface area contributed by atoms with Crippen LogP contribution in [-0.2, 0) is 11.3 Å². The molecule has 2 aliphatic rings. The number of carboxylic acids is 1. The highest BCUT2D eigenvalue weighted by molar-refractivity contribution is 5.70. The van der Waals surface area contributed by atoms with Crippen LogP contribution in [0, 0.1) is 17.2 Å². The summed E-state index contributed by atoms with van der Waals surface area (Å²) < 4.78 is 1.27. The van der Waals surface area contributed by atoms with Crippen molar-refractivity contribution >= 4 is 5.97 Å². The maximum atomic E-state index is 10.3. The van der Waals surface area contributed by atoms with Crippen molar-refractivity contribution in [1.29, 1.82) is 5.26 Å². The Hall–Kier alpha value is -1.94. The quantitative estimate of drug-likeness (QED) is 0.828. The van der Waals surface area contributed by atoms with E-state index in [9.17, 15) is 9.90 Å². The second-order valence-corrected chi connectivity index (χ2v) is 7.11. The van der Waals surface area contributed by atoms with Gasteiger partial charge in [0.25, 0.3) is 0 Å². The van der Waals surface area contributed by atoms with Gasteiger partial charge in [-0.05, 0) is 51.4 Å². The Balaban J connectivity index is 0.000000181. The van der Waals surface area contributed by atoms with Crippen LogP contribution in [0.15, 0.2) is 12.7 Å². The molecule has 3 rings (SSSR count). The van der Waals surface area contributed by atoms with E-state index in [1.54, 1.807) is 6.07 Å².